The molecule has 0 saturated heterocycles. The minimum absolute atomic E-state index is 0.124. The second-order valence-electron chi connectivity index (χ2n) is 3.42. The summed E-state index contributed by atoms with van der Waals surface area (Å²) in [5.41, 5.74) is -0.811. The van der Waals surface area contributed by atoms with E-state index in [9.17, 15) is 18.0 Å². The third-order valence-corrected chi connectivity index (χ3v) is 2.55. The van der Waals surface area contributed by atoms with Crippen molar-refractivity contribution in [2.24, 2.45) is 0 Å². The maximum absolute atomic E-state index is 12.3. The van der Waals surface area contributed by atoms with Gasteiger partial charge in [0.1, 0.15) is 0 Å². The maximum Gasteiger partial charge on any atom is 0.417 e. The Morgan fingerprint density at radius 2 is 2.12 bits per heavy atom. The zero-order valence-corrected chi connectivity index (χ0v) is 9.86. The van der Waals surface area contributed by atoms with Gasteiger partial charge in [-0.2, -0.15) is 13.2 Å². The summed E-state index contributed by atoms with van der Waals surface area (Å²) in [5.74, 6) is -1.06. The van der Waals surface area contributed by atoms with Gasteiger partial charge in [0.25, 0.3) is 0 Å². The van der Waals surface area contributed by atoms with E-state index >= 15 is 0 Å². The van der Waals surface area contributed by atoms with Crippen molar-refractivity contribution in [3.8, 4) is 0 Å². The Morgan fingerprint density at radius 1 is 1.53 bits per heavy atom. The third kappa shape index (κ3) is 3.09. The first kappa shape index (κ1) is 13.8. The van der Waals surface area contributed by atoms with Gasteiger partial charge in [-0.15, -0.1) is 0 Å². The number of amides is 1. The van der Waals surface area contributed by atoms with Crippen LogP contribution in [0.2, 0.25) is 5.02 Å². The smallest absolute Gasteiger partial charge is 0.359 e. The lowest BCUT2D eigenvalue weighted by atomic mass is 10.1. The number of nitrogens with zero attached hydrogens (tertiary/aromatic N) is 1. The summed E-state index contributed by atoms with van der Waals surface area (Å²) < 4.78 is 37.0. The van der Waals surface area contributed by atoms with Crippen molar-refractivity contribution in [3.63, 3.8) is 0 Å². The highest BCUT2D eigenvalue weighted by Gasteiger charge is 2.32. The van der Waals surface area contributed by atoms with Crippen LogP contribution in [0.5, 0.6) is 0 Å². The van der Waals surface area contributed by atoms with E-state index in [0.29, 0.717) is 6.20 Å². The average Bonchev–Trinajstić information content (AvgIpc) is 2.25. The van der Waals surface area contributed by atoms with Gasteiger partial charge in [0.15, 0.2) is 0 Å². The minimum Gasteiger partial charge on any atom is -0.359 e. The first-order valence-corrected chi connectivity index (χ1v) is 5.09. The molecule has 7 heteroatoms. The molecule has 0 radical (unpaired) electrons. The molecule has 17 heavy (non-hydrogen) atoms. The van der Waals surface area contributed by atoms with E-state index in [1.165, 1.54) is 14.0 Å². The first-order valence-electron chi connectivity index (χ1n) is 4.71. The lowest BCUT2D eigenvalue weighted by molar-refractivity contribution is -0.137. The van der Waals surface area contributed by atoms with Crippen LogP contribution in [0.4, 0.5) is 13.2 Å². The van der Waals surface area contributed by atoms with Gasteiger partial charge in [0.05, 0.1) is 22.2 Å². The lowest BCUT2D eigenvalue weighted by Gasteiger charge is -2.13. The molecule has 1 amide bonds. The van der Waals surface area contributed by atoms with Crippen LogP contribution < -0.4 is 5.32 Å². The summed E-state index contributed by atoms with van der Waals surface area (Å²) in [6, 6.07) is 0.767. The van der Waals surface area contributed by atoms with Crippen molar-refractivity contribution in [2.75, 3.05) is 7.05 Å². The monoisotopic (exact) mass is 266 g/mol. The topological polar surface area (TPSA) is 42.0 Å². The number of carbonyl (C=O) groups is 1. The van der Waals surface area contributed by atoms with Gasteiger partial charge in [-0.05, 0) is 13.0 Å². The van der Waals surface area contributed by atoms with Crippen LogP contribution in [0.15, 0.2) is 12.3 Å². The van der Waals surface area contributed by atoms with Crippen molar-refractivity contribution in [2.45, 2.75) is 19.0 Å². The molecule has 0 fully saturated rings. The summed E-state index contributed by atoms with van der Waals surface area (Å²) in [6.07, 6.45) is -3.83. The molecule has 94 valence electrons. The number of rotatable bonds is 2. The van der Waals surface area contributed by atoms with Crippen LogP contribution in [0, 0.1) is 0 Å². The standard InChI is InChI=1S/C10H10ClF3N2O/c1-5(9(17)15-2)8-7(11)3-6(4-16-8)10(12,13)14/h3-5H,1-2H3,(H,15,17)/t5-/m1/s1. The number of pyridine rings is 1. The summed E-state index contributed by atoms with van der Waals surface area (Å²) in [5, 5.41) is 2.21. The van der Waals surface area contributed by atoms with E-state index in [0.717, 1.165) is 6.07 Å². The van der Waals surface area contributed by atoms with Gasteiger partial charge in [-0.25, -0.2) is 0 Å². The molecular weight excluding hydrogens is 257 g/mol. The highest BCUT2D eigenvalue weighted by molar-refractivity contribution is 6.31. The minimum atomic E-state index is -4.49. The Morgan fingerprint density at radius 3 is 2.53 bits per heavy atom. The molecule has 1 aromatic heterocycles. The van der Waals surface area contributed by atoms with E-state index in [1.807, 2.05) is 0 Å². The lowest BCUT2D eigenvalue weighted by Crippen LogP contribution is -2.24. The predicted molar refractivity (Wildman–Crippen MR) is 56.7 cm³/mol. The summed E-state index contributed by atoms with van der Waals surface area (Å²) in [6.45, 7) is 1.51. The number of carbonyl (C=O) groups excluding carboxylic acids is 1. The molecule has 0 aliphatic heterocycles. The van der Waals surface area contributed by atoms with Crippen LogP contribution in [0.3, 0.4) is 0 Å². The normalized spacial score (nSPS) is 13.3. The molecule has 0 aliphatic rings. The van der Waals surface area contributed by atoms with Gasteiger partial charge in [0, 0.05) is 13.2 Å². The van der Waals surface area contributed by atoms with Crippen LogP contribution in [0.25, 0.3) is 0 Å². The second-order valence-corrected chi connectivity index (χ2v) is 3.83. The molecule has 3 nitrogen and oxygen atoms in total. The van der Waals surface area contributed by atoms with Crippen molar-refractivity contribution < 1.29 is 18.0 Å². The fraction of sp³-hybridized carbons (Fsp3) is 0.400. The third-order valence-electron chi connectivity index (χ3n) is 2.25. The number of hydrogen-bond acceptors (Lipinski definition) is 2. The van der Waals surface area contributed by atoms with E-state index in [-0.39, 0.29) is 16.6 Å². The highest BCUT2D eigenvalue weighted by atomic mass is 35.5. The van der Waals surface area contributed by atoms with Gasteiger partial charge in [-0.3, -0.25) is 9.78 Å². The van der Waals surface area contributed by atoms with E-state index in [2.05, 4.69) is 10.3 Å². The number of aromatic nitrogens is 1. The van der Waals surface area contributed by atoms with Gasteiger partial charge in [-0.1, -0.05) is 11.6 Å². The molecule has 1 aromatic rings. The molecule has 1 atom stereocenters. The molecular formula is C10H10ClF3N2O. The molecule has 0 aromatic carbocycles. The van der Waals surface area contributed by atoms with Crippen molar-refractivity contribution in [1.82, 2.24) is 10.3 Å². The van der Waals surface area contributed by atoms with E-state index in [1.54, 1.807) is 0 Å². The fourth-order valence-electron chi connectivity index (χ4n) is 1.26. The number of hydrogen-bond donors (Lipinski definition) is 1. The largest absolute Gasteiger partial charge is 0.417 e. The zero-order chi connectivity index (χ0) is 13.2. The number of nitrogens with one attached hydrogen (secondary N) is 1. The molecule has 0 saturated carbocycles. The van der Waals surface area contributed by atoms with Crippen molar-refractivity contribution in [1.29, 1.82) is 0 Å². The van der Waals surface area contributed by atoms with Crippen LogP contribution in [-0.4, -0.2) is 17.9 Å². The Labute approximate surface area is 101 Å². The van der Waals surface area contributed by atoms with Crippen LogP contribution >= 0.6 is 11.6 Å². The average molecular weight is 267 g/mol. The quantitative estimate of drug-likeness (QED) is 0.894. The number of alkyl halides is 3. The molecule has 1 N–H and O–H groups in total. The molecule has 0 unspecified atom stereocenters. The second kappa shape index (κ2) is 4.91. The fourth-order valence-corrected chi connectivity index (χ4v) is 1.59. The Bertz CT molecular complexity index is 434. The van der Waals surface area contributed by atoms with Crippen molar-refractivity contribution >= 4 is 17.5 Å². The summed E-state index contributed by atoms with van der Waals surface area (Å²) in [4.78, 5) is 14.9. The zero-order valence-electron chi connectivity index (χ0n) is 9.10. The molecule has 1 heterocycles. The molecule has 0 bridgehead atoms. The number of likely N-dealkylation sites (N-methyl/N-ethyl adjacent to an activating group) is 1. The van der Waals surface area contributed by atoms with Gasteiger partial charge < -0.3 is 5.32 Å². The Balaban J connectivity index is 3.10. The van der Waals surface area contributed by atoms with Gasteiger partial charge in [0.2, 0.25) is 5.91 Å². The number of halogens is 4. The van der Waals surface area contributed by atoms with Crippen LogP contribution in [-0.2, 0) is 11.0 Å². The first-order chi connectivity index (χ1) is 7.77. The molecule has 1 rings (SSSR count). The van der Waals surface area contributed by atoms with E-state index < -0.39 is 17.7 Å². The summed E-state index contributed by atoms with van der Waals surface area (Å²) >= 11 is 5.69. The van der Waals surface area contributed by atoms with Crippen LogP contribution in [0.1, 0.15) is 24.1 Å². The van der Waals surface area contributed by atoms with E-state index in [4.69, 9.17) is 11.6 Å². The molecule has 0 aliphatic carbocycles. The maximum atomic E-state index is 12.3. The highest BCUT2D eigenvalue weighted by Crippen LogP contribution is 2.32. The predicted octanol–water partition coefficient (Wildman–Crippen LogP) is 2.60. The SMILES string of the molecule is CNC(=O)[C@H](C)c1ncc(C(F)(F)F)cc1Cl. The Kier molecular flexibility index (Phi) is 3.98. The Hall–Kier alpha value is -1.30. The molecule has 0 spiro atoms. The van der Waals surface area contributed by atoms with Gasteiger partial charge >= 0.3 is 6.18 Å². The van der Waals surface area contributed by atoms with Crippen molar-refractivity contribution in [3.05, 3.63) is 28.5 Å². The summed E-state index contributed by atoms with van der Waals surface area (Å²) in [7, 11) is 1.43.